The molecule has 1 heterocycles. The van der Waals surface area contributed by atoms with Gasteiger partial charge in [0.1, 0.15) is 0 Å². The van der Waals surface area contributed by atoms with Gasteiger partial charge in [-0.3, -0.25) is 9.48 Å². The van der Waals surface area contributed by atoms with Crippen molar-refractivity contribution in [3.05, 3.63) is 30.1 Å². The first-order valence-corrected chi connectivity index (χ1v) is 5.65. The van der Waals surface area contributed by atoms with Gasteiger partial charge in [-0.15, -0.1) is 6.58 Å². The predicted molar refractivity (Wildman–Crippen MR) is 67.6 cm³/mol. The molecule has 0 aliphatic carbocycles. The Morgan fingerprint density at radius 2 is 2.41 bits per heavy atom. The molecule has 5 heteroatoms. The molecule has 1 unspecified atom stereocenters. The van der Waals surface area contributed by atoms with Gasteiger partial charge in [-0.1, -0.05) is 6.08 Å². The fourth-order valence-electron chi connectivity index (χ4n) is 1.60. The van der Waals surface area contributed by atoms with Crippen molar-refractivity contribution >= 4 is 5.91 Å². The summed E-state index contributed by atoms with van der Waals surface area (Å²) in [6.45, 7) is 8.45. The highest BCUT2D eigenvalue weighted by atomic mass is 16.1. The van der Waals surface area contributed by atoms with Crippen LogP contribution in [0.3, 0.4) is 0 Å². The van der Waals surface area contributed by atoms with Crippen LogP contribution in [0.25, 0.3) is 0 Å². The Morgan fingerprint density at radius 3 is 2.94 bits per heavy atom. The van der Waals surface area contributed by atoms with Gasteiger partial charge in [0.25, 0.3) is 0 Å². The molecule has 1 aromatic rings. The molecule has 1 rings (SSSR count). The first-order chi connectivity index (χ1) is 8.06. The van der Waals surface area contributed by atoms with E-state index in [9.17, 15) is 4.79 Å². The molecule has 0 radical (unpaired) electrons. The van der Waals surface area contributed by atoms with Gasteiger partial charge in [0, 0.05) is 24.8 Å². The summed E-state index contributed by atoms with van der Waals surface area (Å²) < 4.78 is 1.80. The van der Waals surface area contributed by atoms with E-state index in [0.29, 0.717) is 13.1 Å². The van der Waals surface area contributed by atoms with Crippen LogP contribution in [0, 0.1) is 6.92 Å². The van der Waals surface area contributed by atoms with Crippen LogP contribution in [0.4, 0.5) is 0 Å². The molecule has 94 valence electrons. The summed E-state index contributed by atoms with van der Waals surface area (Å²) >= 11 is 0. The summed E-state index contributed by atoms with van der Waals surface area (Å²) in [7, 11) is 1.89. The fraction of sp³-hybridized carbons (Fsp3) is 0.500. The van der Waals surface area contributed by atoms with Gasteiger partial charge in [-0.05, 0) is 13.8 Å². The largest absolute Gasteiger partial charge is 0.348 e. The number of amides is 1. The van der Waals surface area contributed by atoms with Gasteiger partial charge in [0.2, 0.25) is 5.91 Å². The molecule has 1 atom stereocenters. The lowest BCUT2D eigenvalue weighted by Crippen LogP contribution is -2.35. The number of aryl methyl sites for hydroxylation is 1. The third kappa shape index (κ3) is 3.71. The highest BCUT2D eigenvalue weighted by molar-refractivity contribution is 5.78. The fourth-order valence-corrected chi connectivity index (χ4v) is 1.60. The van der Waals surface area contributed by atoms with E-state index in [1.807, 2.05) is 20.9 Å². The molecule has 17 heavy (non-hydrogen) atoms. The van der Waals surface area contributed by atoms with Crippen molar-refractivity contribution in [2.24, 2.45) is 7.05 Å². The first kappa shape index (κ1) is 13.4. The number of rotatable bonds is 6. The van der Waals surface area contributed by atoms with E-state index < -0.39 is 0 Å². The lowest BCUT2D eigenvalue weighted by Gasteiger charge is -2.13. The number of hydrogen-bond acceptors (Lipinski definition) is 3. The summed E-state index contributed by atoms with van der Waals surface area (Å²) in [5.41, 5.74) is 2.11. The Morgan fingerprint density at radius 1 is 1.71 bits per heavy atom. The minimum atomic E-state index is -0.0262. The van der Waals surface area contributed by atoms with Crippen LogP contribution >= 0.6 is 0 Å². The van der Waals surface area contributed by atoms with Gasteiger partial charge in [0.05, 0.1) is 18.8 Å². The zero-order valence-electron chi connectivity index (χ0n) is 10.7. The van der Waals surface area contributed by atoms with Gasteiger partial charge in [-0.2, -0.15) is 5.10 Å². The van der Waals surface area contributed by atoms with Crippen LogP contribution in [-0.4, -0.2) is 28.8 Å². The van der Waals surface area contributed by atoms with Crippen LogP contribution in [0.2, 0.25) is 0 Å². The quantitative estimate of drug-likeness (QED) is 0.564. The van der Waals surface area contributed by atoms with Gasteiger partial charge >= 0.3 is 0 Å². The first-order valence-electron chi connectivity index (χ1n) is 5.65. The van der Waals surface area contributed by atoms with Crippen LogP contribution in [0.1, 0.15) is 24.2 Å². The molecule has 0 saturated heterocycles. The number of nitrogens with one attached hydrogen (secondary N) is 2. The number of carbonyl (C=O) groups is 1. The summed E-state index contributed by atoms with van der Waals surface area (Å²) in [6.07, 6.45) is 3.51. The molecule has 2 N–H and O–H groups in total. The summed E-state index contributed by atoms with van der Waals surface area (Å²) in [5, 5.41) is 10.0. The number of nitrogens with zero attached hydrogens (tertiary/aromatic N) is 2. The third-order valence-electron chi connectivity index (χ3n) is 2.69. The Kier molecular flexibility index (Phi) is 4.90. The topological polar surface area (TPSA) is 59.0 Å². The Hall–Kier alpha value is -1.62. The average molecular weight is 236 g/mol. The van der Waals surface area contributed by atoms with Crippen molar-refractivity contribution < 1.29 is 4.79 Å². The second-order valence-corrected chi connectivity index (χ2v) is 4.02. The van der Waals surface area contributed by atoms with E-state index in [4.69, 9.17) is 0 Å². The molecular formula is C12H20N4O. The summed E-state index contributed by atoms with van der Waals surface area (Å²) in [6, 6.07) is -0.0262. The Bertz CT molecular complexity index is 397. The van der Waals surface area contributed by atoms with Crippen molar-refractivity contribution in [3.8, 4) is 0 Å². The molecule has 1 aromatic heterocycles. The Balaban J connectivity index is 2.48. The maximum absolute atomic E-state index is 11.6. The second-order valence-electron chi connectivity index (χ2n) is 4.02. The van der Waals surface area contributed by atoms with Crippen molar-refractivity contribution in [2.75, 3.05) is 13.1 Å². The molecule has 0 fully saturated rings. The Labute approximate surface area is 102 Å². The van der Waals surface area contributed by atoms with Crippen LogP contribution in [0.5, 0.6) is 0 Å². The summed E-state index contributed by atoms with van der Waals surface area (Å²) in [5.74, 6) is -0.0254. The zero-order valence-corrected chi connectivity index (χ0v) is 10.7. The van der Waals surface area contributed by atoms with Crippen molar-refractivity contribution in [3.63, 3.8) is 0 Å². The zero-order chi connectivity index (χ0) is 12.8. The molecule has 0 saturated carbocycles. The van der Waals surface area contributed by atoms with Crippen molar-refractivity contribution in [2.45, 2.75) is 19.9 Å². The normalized spacial score (nSPS) is 12.2. The highest BCUT2D eigenvalue weighted by Gasteiger charge is 2.13. The molecule has 5 nitrogen and oxygen atoms in total. The van der Waals surface area contributed by atoms with E-state index in [1.54, 1.807) is 17.0 Å². The smallest absolute Gasteiger partial charge is 0.234 e. The SMILES string of the molecule is C=CCNCC(=O)NC(C)c1cnn(C)c1C. The molecule has 0 aliphatic rings. The minimum absolute atomic E-state index is 0.0254. The molecular weight excluding hydrogens is 216 g/mol. The van der Waals surface area contributed by atoms with Crippen molar-refractivity contribution in [1.29, 1.82) is 0 Å². The lowest BCUT2D eigenvalue weighted by atomic mass is 10.1. The van der Waals surface area contributed by atoms with Gasteiger partial charge in [0.15, 0.2) is 0 Å². The van der Waals surface area contributed by atoms with Gasteiger partial charge in [-0.25, -0.2) is 0 Å². The van der Waals surface area contributed by atoms with Crippen LogP contribution in [0.15, 0.2) is 18.9 Å². The lowest BCUT2D eigenvalue weighted by molar-refractivity contribution is -0.120. The van der Waals surface area contributed by atoms with E-state index in [1.165, 1.54) is 0 Å². The molecule has 0 aromatic carbocycles. The van der Waals surface area contributed by atoms with Crippen molar-refractivity contribution in [1.82, 2.24) is 20.4 Å². The van der Waals surface area contributed by atoms with Gasteiger partial charge < -0.3 is 10.6 Å². The maximum Gasteiger partial charge on any atom is 0.234 e. The minimum Gasteiger partial charge on any atom is -0.348 e. The molecule has 0 aliphatic heterocycles. The third-order valence-corrected chi connectivity index (χ3v) is 2.69. The number of hydrogen-bond donors (Lipinski definition) is 2. The van der Waals surface area contributed by atoms with Crippen LogP contribution in [-0.2, 0) is 11.8 Å². The maximum atomic E-state index is 11.6. The highest BCUT2D eigenvalue weighted by Crippen LogP contribution is 2.15. The molecule has 1 amide bonds. The van der Waals surface area contributed by atoms with E-state index in [-0.39, 0.29) is 11.9 Å². The monoisotopic (exact) mass is 236 g/mol. The van der Waals surface area contributed by atoms with E-state index in [0.717, 1.165) is 11.3 Å². The molecule has 0 spiro atoms. The second kappa shape index (κ2) is 6.20. The predicted octanol–water partition coefficient (Wildman–Crippen LogP) is 0.681. The standard InChI is InChI=1S/C12H20N4O/c1-5-6-13-8-12(17)15-9(2)11-7-14-16(4)10(11)3/h5,7,9,13H,1,6,8H2,2-4H3,(H,15,17). The van der Waals surface area contributed by atoms with Crippen LogP contribution < -0.4 is 10.6 Å². The number of carbonyl (C=O) groups excluding carboxylic acids is 1. The van der Waals surface area contributed by atoms with E-state index >= 15 is 0 Å². The summed E-state index contributed by atoms with van der Waals surface area (Å²) in [4.78, 5) is 11.6. The molecule has 0 bridgehead atoms. The van der Waals surface area contributed by atoms with E-state index in [2.05, 4.69) is 22.3 Å². The number of aromatic nitrogens is 2. The average Bonchev–Trinajstić information content (AvgIpc) is 2.60.